The molecule has 1 saturated carbocycles. The molecule has 17 heavy (non-hydrogen) atoms. The van der Waals surface area contributed by atoms with Crippen LogP contribution in [0.4, 0.5) is 0 Å². The summed E-state index contributed by atoms with van der Waals surface area (Å²) in [6, 6.07) is 2.03. The molecule has 1 aromatic rings. The lowest BCUT2D eigenvalue weighted by atomic mass is 10.1. The number of amides is 2. The fourth-order valence-electron chi connectivity index (χ4n) is 1.75. The molecular weight excluding hydrogens is 236 g/mol. The lowest BCUT2D eigenvalue weighted by Gasteiger charge is -2.16. The molecule has 1 heterocycles. The summed E-state index contributed by atoms with van der Waals surface area (Å²) in [4.78, 5) is 25.7. The first-order valence-corrected chi connectivity index (χ1v) is 6.55. The predicted molar refractivity (Wildman–Crippen MR) is 67.3 cm³/mol. The van der Waals surface area contributed by atoms with Gasteiger partial charge in [-0.15, -0.1) is 11.3 Å². The second-order valence-electron chi connectivity index (χ2n) is 4.31. The van der Waals surface area contributed by atoms with Crippen LogP contribution in [0, 0.1) is 0 Å². The maximum Gasteiger partial charge on any atom is 0.264 e. The molecule has 2 amide bonds. The number of hydrogen-bond acceptors (Lipinski definition) is 3. The third-order valence-electron chi connectivity index (χ3n) is 2.91. The minimum absolute atomic E-state index is 0.0505. The van der Waals surface area contributed by atoms with Gasteiger partial charge in [-0.25, -0.2) is 0 Å². The second kappa shape index (κ2) is 4.87. The number of carbonyl (C=O) groups is 2. The first-order valence-electron chi connectivity index (χ1n) is 5.67. The van der Waals surface area contributed by atoms with Gasteiger partial charge in [-0.2, -0.15) is 0 Å². The molecule has 0 bridgehead atoms. The molecule has 0 aliphatic heterocycles. The largest absolute Gasteiger partial charge is 0.358 e. The monoisotopic (exact) mass is 252 g/mol. The maximum atomic E-state index is 12.2. The quantitative estimate of drug-likeness (QED) is 0.881. The SMILES string of the molecule is CNC(=O)CN(C)C(=O)c1sccc1C1CC1. The van der Waals surface area contributed by atoms with E-state index in [-0.39, 0.29) is 18.4 Å². The summed E-state index contributed by atoms with van der Waals surface area (Å²) < 4.78 is 0. The van der Waals surface area contributed by atoms with Gasteiger partial charge in [0.1, 0.15) is 0 Å². The van der Waals surface area contributed by atoms with Gasteiger partial charge in [-0.1, -0.05) is 0 Å². The summed E-state index contributed by atoms with van der Waals surface area (Å²) >= 11 is 1.47. The van der Waals surface area contributed by atoms with E-state index in [2.05, 4.69) is 5.32 Å². The molecular formula is C12H16N2O2S. The Morgan fingerprint density at radius 1 is 1.53 bits per heavy atom. The number of hydrogen-bond donors (Lipinski definition) is 1. The van der Waals surface area contributed by atoms with Gasteiger partial charge in [0, 0.05) is 14.1 Å². The highest BCUT2D eigenvalue weighted by Gasteiger charge is 2.30. The topological polar surface area (TPSA) is 49.4 Å². The third-order valence-corrected chi connectivity index (χ3v) is 3.83. The van der Waals surface area contributed by atoms with Crippen LogP contribution in [-0.4, -0.2) is 37.4 Å². The van der Waals surface area contributed by atoms with Crippen LogP contribution < -0.4 is 5.32 Å². The van der Waals surface area contributed by atoms with Gasteiger partial charge >= 0.3 is 0 Å². The third kappa shape index (κ3) is 2.66. The number of nitrogens with one attached hydrogen (secondary N) is 1. The standard InChI is InChI=1S/C12H16N2O2S/c1-13-10(15)7-14(2)12(16)11-9(5-6-17-11)8-3-4-8/h5-6,8H,3-4,7H2,1-2H3,(H,13,15). The Morgan fingerprint density at radius 2 is 2.24 bits per heavy atom. The lowest BCUT2D eigenvalue weighted by Crippen LogP contribution is -2.36. The zero-order chi connectivity index (χ0) is 12.4. The van der Waals surface area contributed by atoms with Crippen molar-refractivity contribution in [2.75, 3.05) is 20.6 Å². The van der Waals surface area contributed by atoms with Gasteiger partial charge < -0.3 is 10.2 Å². The predicted octanol–water partition coefficient (Wildman–Crippen LogP) is 1.44. The maximum absolute atomic E-state index is 12.2. The molecule has 5 heteroatoms. The molecule has 0 aromatic carbocycles. The summed E-state index contributed by atoms with van der Waals surface area (Å²) in [5.41, 5.74) is 1.16. The van der Waals surface area contributed by atoms with Crippen molar-refractivity contribution in [2.24, 2.45) is 0 Å². The zero-order valence-electron chi connectivity index (χ0n) is 10.0. The number of rotatable bonds is 4. The molecule has 92 valence electrons. The smallest absolute Gasteiger partial charge is 0.264 e. The highest BCUT2D eigenvalue weighted by atomic mass is 32.1. The molecule has 1 aromatic heterocycles. The van der Waals surface area contributed by atoms with Crippen molar-refractivity contribution in [3.8, 4) is 0 Å². The Labute approximate surface area is 105 Å². The molecule has 0 radical (unpaired) electrons. The van der Waals surface area contributed by atoms with E-state index in [0.717, 1.165) is 10.4 Å². The van der Waals surface area contributed by atoms with Crippen LogP contribution in [0.3, 0.4) is 0 Å². The van der Waals surface area contributed by atoms with E-state index < -0.39 is 0 Å². The number of carbonyl (C=O) groups excluding carboxylic acids is 2. The fraction of sp³-hybridized carbons (Fsp3) is 0.500. The lowest BCUT2D eigenvalue weighted by molar-refractivity contribution is -0.121. The van der Waals surface area contributed by atoms with E-state index >= 15 is 0 Å². The number of thiophene rings is 1. The highest BCUT2D eigenvalue weighted by molar-refractivity contribution is 7.12. The zero-order valence-corrected chi connectivity index (χ0v) is 10.8. The van der Waals surface area contributed by atoms with Crippen molar-refractivity contribution in [2.45, 2.75) is 18.8 Å². The van der Waals surface area contributed by atoms with Gasteiger partial charge in [-0.3, -0.25) is 9.59 Å². The van der Waals surface area contributed by atoms with E-state index in [1.807, 2.05) is 11.4 Å². The Morgan fingerprint density at radius 3 is 2.82 bits per heavy atom. The average Bonchev–Trinajstić information content (AvgIpc) is 3.05. The van der Waals surface area contributed by atoms with E-state index in [4.69, 9.17) is 0 Å². The number of likely N-dealkylation sites (N-methyl/N-ethyl adjacent to an activating group) is 2. The van der Waals surface area contributed by atoms with E-state index in [0.29, 0.717) is 5.92 Å². The molecule has 1 aliphatic carbocycles. The van der Waals surface area contributed by atoms with E-state index in [1.165, 1.54) is 29.1 Å². The summed E-state index contributed by atoms with van der Waals surface area (Å²) in [5, 5.41) is 4.47. The van der Waals surface area contributed by atoms with Gasteiger partial charge in [0.2, 0.25) is 5.91 Å². The first kappa shape index (κ1) is 12.1. The van der Waals surface area contributed by atoms with E-state index in [9.17, 15) is 9.59 Å². The summed E-state index contributed by atoms with van der Waals surface area (Å²) in [6.07, 6.45) is 2.35. The van der Waals surface area contributed by atoms with Crippen LogP contribution in [0.1, 0.15) is 34.0 Å². The van der Waals surface area contributed by atoms with Gasteiger partial charge in [0.15, 0.2) is 0 Å². The van der Waals surface area contributed by atoms with Crippen molar-refractivity contribution in [1.29, 1.82) is 0 Å². The first-order chi connectivity index (χ1) is 8.13. The Hall–Kier alpha value is -1.36. The minimum atomic E-state index is -0.148. The number of nitrogens with zero attached hydrogens (tertiary/aromatic N) is 1. The molecule has 0 saturated heterocycles. The molecule has 4 nitrogen and oxygen atoms in total. The van der Waals surface area contributed by atoms with Crippen molar-refractivity contribution in [3.63, 3.8) is 0 Å². The molecule has 1 fully saturated rings. The van der Waals surface area contributed by atoms with Crippen LogP contribution in [0.15, 0.2) is 11.4 Å². The van der Waals surface area contributed by atoms with Gasteiger partial charge in [-0.05, 0) is 35.8 Å². The molecule has 1 N–H and O–H groups in total. The Kier molecular flexibility index (Phi) is 3.47. The summed E-state index contributed by atoms with van der Waals surface area (Å²) in [6.45, 7) is 0.108. The van der Waals surface area contributed by atoms with Crippen molar-refractivity contribution in [1.82, 2.24) is 10.2 Å². The average molecular weight is 252 g/mol. The van der Waals surface area contributed by atoms with Crippen molar-refractivity contribution >= 4 is 23.2 Å². The van der Waals surface area contributed by atoms with Crippen molar-refractivity contribution in [3.05, 3.63) is 21.9 Å². The van der Waals surface area contributed by atoms with Crippen LogP contribution in [-0.2, 0) is 4.79 Å². The van der Waals surface area contributed by atoms with Crippen LogP contribution in [0.2, 0.25) is 0 Å². The van der Waals surface area contributed by atoms with Crippen LogP contribution >= 0.6 is 11.3 Å². The van der Waals surface area contributed by atoms with Crippen LogP contribution in [0.5, 0.6) is 0 Å². The Balaban J connectivity index is 2.07. The minimum Gasteiger partial charge on any atom is -0.358 e. The Bertz CT molecular complexity index is 437. The molecule has 0 spiro atoms. The highest BCUT2D eigenvalue weighted by Crippen LogP contribution is 2.43. The van der Waals surface area contributed by atoms with Crippen molar-refractivity contribution < 1.29 is 9.59 Å². The van der Waals surface area contributed by atoms with Gasteiger partial charge in [0.25, 0.3) is 5.91 Å². The molecule has 1 aliphatic rings. The fourth-order valence-corrected chi connectivity index (χ4v) is 2.73. The summed E-state index contributed by atoms with van der Waals surface area (Å²) in [7, 11) is 3.23. The summed E-state index contributed by atoms with van der Waals surface area (Å²) in [5.74, 6) is 0.365. The van der Waals surface area contributed by atoms with Crippen LogP contribution in [0.25, 0.3) is 0 Å². The molecule has 0 unspecified atom stereocenters. The molecule has 0 atom stereocenters. The van der Waals surface area contributed by atoms with E-state index in [1.54, 1.807) is 14.1 Å². The normalized spacial score (nSPS) is 14.5. The second-order valence-corrected chi connectivity index (χ2v) is 5.23. The molecule has 2 rings (SSSR count). The van der Waals surface area contributed by atoms with Gasteiger partial charge in [0.05, 0.1) is 11.4 Å².